The summed E-state index contributed by atoms with van der Waals surface area (Å²) < 4.78 is 12.7. The second-order valence-electron chi connectivity index (χ2n) is 4.00. The molecule has 0 fully saturated rings. The van der Waals surface area contributed by atoms with E-state index in [1.54, 1.807) is 12.2 Å². The van der Waals surface area contributed by atoms with Gasteiger partial charge in [0.1, 0.15) is 5.82 Å². The normalized spacial score (nSPS) is 11.2. The predicted octanol–water partition coefficient (Wildman–Crippen LogP) is 4.28. The molecule has 0 N–H and O–H groups in total. The highest BCUT2D eigenvalue weighted by atomic mass is 19.1. The van der Waals surface area contributed by atoms with E-state index in [4.69, 9.17) is 0 Å². The van der Waals surface area contributed by atoms with Crippen LogP contribution in [0, 0.1) is 5.82 Å². The van der Waals surface area contributed by atoms with Gasteiger partial charge in [-0.3, -0.25) is 4.79 Å². The molecule has 1 nitrogen and oxygen atoms in total. The lowest BCUT2D eigenvalue weighted by molar-refractivity contribution is 0.104. The number of benzene rings is 2. The van der Waals surface area contributed by atoms with Gasteiger partial charge in [-0.15, -0.1) is 0 Å². The van der Waals surface area contributed by atoms with Gasteiger partial charge in [0.05, 0.1) is 0 Å². The molecule has 2 heteroatoms. The Balaban J connectivity index is 1.97. The molecule has 2 aromatic carbocycles. The Labute approximate surface area is 111 Å². The first-order chi connectivity index (χ1) is 9.25. The Morgan fingerprint density at radius 2 is 1.58 bits per heavy atom. The van der Waals surface area contributed by atoms with Crippen LogP contribution in [0.5, 0.6) is 0 Å². The second-order valence-corrected chi connectivity index (χ2v) is 4.00. The lowest BCUT2D eigenvalue weighted by Gasteiger charge is -1.94. The predicted molar refractivity (Wildman–Crippen MR) is 75.3 cm³/mol. The summed E-state index contributed by atoms with van der Waals surface area (Å²) in [6.45, 7) is 0. The lowest BCUT2D eigenvalue weighted by atomic mass is 10.1. The van der Waals surface area contributed by atoms with Gasteiger partial charge < -0.3 is 0 Å². The minimum atomic E-state index is -0.343. The molecule has 0 bridgehead atoms. The van der Waals surface area contributed by atoms with E-state index < -0.39 is 0 Å². The van der Waals surface area contributed by atoms with Gasteiger partial charge in [-0.05, 0) is 35.9 Å². The fourth-order valence-corrected chi connectivity index (χ4v) is 1.58. The Kier molecular flexibility index (Phi) is 4.40. The molecule has 0 aliphatic carbocycles. The van der Waals surface area contributed by atoms with Crippen LogP contribution in [-0.4, -0.2) is 5.78 Å². The van der Waals surface area contributed by atoms with Gasteiger partial charge in [-0.2, -0.15) is 0 Å². The number of hydrogen-bond acceptors (Lipinski definition) is 1. The van der Waals surface area contributed by atoms with Crippen LogP contribution < -0.4 is 0 Å². The summed E-state index contributed by atoms with van der Waals surface area (Å²) in [7, 11) is 0. The third-order valence-corrected chi connectivity index (χ3v) is 2.58. The third kappa shape index (κ3) is 4.03. The average Bonchev–Trinajstić information content (AvgIpc) is 2.45. The Hall–Kier alpha value is -2.48. The van der Waals surface area contributed by atoms with E-state index in [9.17, 15) is 9.18 Å². The quantitative estimate of drug-likeness (QED) is 0.451. The number of rotatable bonds is 4. The van der Waals surface area contributed by atoms with Gasteiger partial charge in [-0.1, -0.05) is 48.6 Å². The number of ketones is 1. The first-order valence-electron chi connectivity index (χ1n) is 5.95. The molecule has 0 amide bonds. The van der Waals surface area contributed by atoms with Gasteiger partial charge in [0.25, 0.3) is 0 Å². The maximum absolute atomic E-state index is 12.7. The highest BCUT2D eigenvalue weighted by Crippen LogP contribution is 2.05. The molecule has 0 atom stereocenters. The molecule has 0 aromatic heterocycles. The van der Waals surface area contributed by atoms with Crippen LogP contribution in [0.25, 0.3) is 6.08 Å². The summed E-state index contributed by atoms with van der Waals surface area (Å²) in [6, 6.07) is 15.3. The standard InChI is InChI=1S/C17H13FO/c18-16-12-10-15(11-13-16)17(19)9-5-4-8-14-6-2-1-3-7-14/h1-13H/b8-4+,9-5+. The average molecular weight is 252 g/mol. The zero-order chi connectivity index (χ0) is 13.5. The first kappa shape index (κ1) is 13.0. The smallest absolute Gasteiger partial charge is 0.185 e. The molecule has 19 heavy (non-hydrogen) atoms. The van der Waals surface area contributed by atoms with Crippen molar-refractivity contribution >= 4 is 11.9 Å². The third-order valence-electron chi connectivity index (χ3n) is 2.58. The number of carbonyl (C=O) groups is 1. The zero-order valence-corrected chi connectivity index (χ0v) is 10.3. The number of halogens is 1. The van der Waals surface area contributed by atoms with Gasteiger partial charge >= 0.3 is 0 Å². The van der Waals surface area contributed by atoms with E-state index >= 15 is 0 Å². The van der Waals surface area contributed by atoms with Crippen molar-refractivity contribution in [3.05, 3.63) is 89.8 Å². The van der Waals surface area contributed by atoms with Gasteiger partial charge in [0.2, 0.25) is 0 Å². The summed E-state index contributed by atoms with van der Waals surface area (Å²) in [5.74, 6) is -0.484. The van der Waals surface area contributed by atoms with Crippen molar-refractivity contribution in [2.75, 3.05) is 0 Å². The molecule has 2 rings (SSSR count). The van der Waals surface area contributed by atoms with Crippen molar-refractivity contribution in [2.45, 2.75) is 0 Å². The monoisotopic (exact) mass is 252 g/mol. The van der Waals surface area contributed by atoms with E-state index in [1.165, 1.54) is 30.3 Å². The highest BCUT2D eigenvalue weighted by Gasteiger charge is 2.00. The van der Waals surface area contributed by atoms with E-state index in [-0.39, 0.29) is 11.6 Å². The van der Waals surface area contributed by atoms with E-state index in [0.29, 0.717) is 5.56 Å². The van der Waals surface area contributed by atoms with Crippen molar-refractivity contribution in [3.63, 3.8) is 0 Å². The van der Waals surface area contributed by atoms with Crippen LogP contribution in [0.15, 0.2) is 72.8 Å². The number of allylic oxidation sites excluding steroid dienone is 3. The van der Waals surface area contributed by atoms with Crippen LogP contribution in [-0.2, 0) is 0 Å². The van der Waals surface area contributed by atoms with Gasteiger partial charge in [0.15, 0.2) is 5.78 Å². The second kappa shape index (κ2) is 6.45. The maximum atomic E-state index is 12.7. The minimum absolute atomic E-state index is 0.141. The molecule has 0 saturated heterocycles. The molecule has 0 saturated carbocycles. The van der Waals surface area contributed by atoms with Crippen LogP contribution in [0.1, 0.15) is 15.9 Å². The molecule has 0 unspecified atom stereocenters. The lowest BCUT2D eigenvalue weighted by Crippen LogP contribution is -1.93. The van der Waals surface area contributed by atoms with Crippen LogP contribution in [0.3, 0.4) is 0 Å². The largest absolute Gasteiger partial charge is 0.289 e. The summed E-state index contributed by atoms with van der Waals surface area (Å²) in [4.78, 5) is 11.7. The van der Waals surface area contributed by atoms with Crippen molar-refractivity contribution in [2.24, 2.45) is 0 Å². The minimum Gasteiger partial charge on any atom is -0.289 e. The molecule has 94 valence electrons. The van der Waals surface area contributed by atoms with Crippen LogP contribution in [0.2, 0.25) is 0 Å². The van der Waals surface area contributed by atoms with Crippen molar-refractivity contribution in [3.8, 4) is 0 Å². The number of hydrogen-bond donors (Lipinski definition) is 0. The summed E-state index contributed by atoms with van der Waals surface area (Å²) >= 11 is 0. The molecule has 0 spiro atoms. The topological polar surface area (TPSA) is 17.1 Å². The number of carbonyl (C=O) groups excluding carboxylic acids is 1. The Morgan fingerprint density at radius 1 is 0.895 bits per heavy atom. The van der Waals surface area contributed by atoms with Gasteiger partial charge in [-0.25, -0.2) is 4.39 Å². The first-order valence-corrected chi connectivity index (χ1v) is 5.95. The molecule has 2 aromatic rings. The van der Waals surface area contributed by atoms with E-state index in [2.05, 4.69) is 0 Å². The zero-order valence-electron chi connectivity index (χ0n) is 10.3. The van der Waals surface area contributed by atoms with Crippen LogP contribution >= 0.6 is 0 Å². The highest BCUT2D eigenvalue weighted by molar-refractivity contribution is 6.04. The van der Waals surface area contributed by atoms with Crippen LogP contribution in [0.4, 0.5) is 4.39 Å². The fourth-order valence-electron chi connectivity index (χ4n) is 1.58. The summed E-state index contributed by atoms with van der Waals surface area (Å²) in [6.07, 6.45) is 6.86. The molecular weight excluding hydrogens is 239 g/mol. The Morgan fingerprint density at radius 3 is 2.26 bits per heavy atom. The molecule has 0 radical (unpaired) electrons. The molecule has 0 aliphatic heterocycles. The van der Waals surface area contributed by atoms with E-state index in [0.717, 1.165) is 5.56 Å². The molecule has 0 aliphatic rings. The SMILES string of the molecule is O=C(/C=C/C=C/c1ccccc1)c1ccc(F)cc1. The molecular formula is C17H13FO. The van der Waals surface area contributed by atoms with Crippen molar-refractivity contribution < 1.29 is 9.18 Å². The van der Waals surface area contributed by atoms with Crippen molar-refractivity contribution in [1.29, 1.82) is 0 Å². The summed E-state index contributed by atoms with van der Waals surface area (Å²) in [5, 5.41) is 0. The molecule has 0 heterocycles. The van der Waals surface area contributed by atoms with Gasteiger partial charge in [0, 0.05) is 5.56 Å². The van der Waals surface area contributed by atoms with Crippen molar-refractivity contribution in [1.82, 2.24) is 0 Å². The Bertz CT molecular complexity index is 595. The van der Waals surface area contributed by atoms with E-state index in [1.807, 2.05) is 36.4 Å². The maximum Gasteiger partial charge on any atom is 0.185 e. The fraction of sp³-hybridized carbons (Fsp3) is 0. The summed E-state index contributed by atoms with van der Waals surface area (Å²) in [5.41, 5.74) is 1.55.